The number of sulfonamides is 1. The topological polar surface area (TPSA) is 79.6 Å². The van der Waals surface area contributed by atoms with Gasteiger partial charge in [0.15, 0.2) is 11.5 Å². The summed E-state index contributed by atoms with van der Waals surface area (Å²) in [6.07, 6.45) is 2.05. The van der Waals surface area contributed by atoms with Crippen molar-refractivity contribution in [2.45, 2.75) is 51.9 Å². The predicted molar refractivity (Wildman–Crippen MR) is 104 cm³/mol. The molecular formula is C20H30N2O4S. The molecule has 6 nitrogen and oxygen atoms in total. The van der Waals surface area contributed by atoms with Gasteiger partial charge in [-0.25, -0.2) is 8.42 Å². The third-order valence-corrected chi connectivity index (χ3v) is 6.27. The van der Waals surface area contributed by atoms with Gasteiger partial charge in [0.05, 0.1) is 11.0 Å². The number of unbranched alkanes of at least 4 members (excludes halogenated alkanes) is 1. The van der Waals surface area contributed by atoms with E-state index in [0.717, 1.165) is 12.8 Å². The van der Waals surface area contributed by atoms with Gasteiger partial charge in [-0.2, -0.15) is 9.57 Å². The smallest absolute Gasteiger partial charge is 0.243 e. The van der Waals surface area contributed by atoms with Crippen molar-refractivity contribution in [2.24, 2.45) is 11.3 Å². The first-order valence-corrected chi connectivity index (χ1v) is 10.9. The van der Waals surface area contributed by atoms with Gasteiger partial charge in [-0.3, -0.25) is 0 Å². The molecule has 0 atom stereocenters. The zero-order valence-electron chi connectivity index (χ0n) is 16.7. The van der Waals surface area contributed by atoms with Gasteiger partial charge >= 0.3 is 0 Å². The Balaban J connectivity index is 2.27. The third kappa shape index (κ3) is 5.85. The van der Waals surface area contributed by atoms with Gasteiger partial charge in [-0.05, 0) is 36.3 Å². The van der Waals surface area contributed by atoms with Crippen molar-refractivity contribution in [2.75, 3.05) is 26.3 Å². The number of hydrogen-bond acceptors (Lipinski definition) is 5. The molecule has 0 amide bonds. The molecule has 0 aliphatic carbocycles. The maximum Gasteiger partial charge on any atom is 0.243 e. The monoisotopic (exact) mass is 394 g/mol. The van der Waals surface area contributed by atoms with E-state index in [1.165, 1.54) is 0 Å². The van der Waals surface area contributed by atoms with E-state index in [1.54, 1.807) is 22.5 Å². The molecule has 0 aromatic heterocycles. The van der Waals surface area contributed by atoms with Crippen LogP contribution in [0.25, 0.3) is 0 Å². The molecule has 0 saturated carbocycles. The van der Waals surface area contributed by atoms with Crippen LogP contribution in [-0.2, 0) is 10.0 Å². The molecule has 7 heteroatoms. The summed E-state index contributed by atoms with van der Waals surface area (Å²) in [5.41, 5.74) is -0.216. The highest BCUT2D eigenvalue weighted by Gasteiger charge is 2.32. The van der Waals surface area contributed by atoms with Crippen LogP contribution in [0, 0.1) is 22.7 Å². The molecule has 0 N–H and O–H groups in total. The molecule has 1 aromatic rings. The van der Waals surface area contributed by atoms with Crippen LogP contribution in [-0.4, -0.2) is 39.0 Å². The fraction of sp³-hybridized carbons (Fsp3) is 0.650. The van der Waals surface area contributed by atoms with E-state index < -0.39 is 10.0 Å². The van der Waals surface area contributed by atoms with Crippen LogP contribution >= 0.6 is 0 Å². The fourth-order valence-electron chi connectivity index (χ4n) is 3.19. The number of nitrogens with zero attached hydrogens (tertiary/aromatic N) is 2. The summed E-state index contributed by atoms with van der Waals surface area (Å²) in [5.74, 6) is 1.25. The van der Waals surface area contributed by atoms with E-state index in [1.807, 2.05) is 13.8 Å². The second kappa shape index (κ2) is 8.94. The molecule has 0 unspecified atom stereocenters. The maximum absolute atomic E-state index is 13.3. The first kappa shape index (κ1) is 21.5. The van der Waals surface area contributed by atoms with Crippen LogP contribution in [0.1, 0.15) is 47.0 Å². The minimum atomic E-state index is -3.66. The highest BCUT2D eigenvalue weighted by Crippen LogP contribution is 2.34. The van der Waals surface area contributed by atoms with Crippen molar-refractivity contribution in [1.29, 1.82) is 5.26 Å². The van der Waals surface area contributed by atoms with Gasteiger partial charge in [0.25, 0.3) is 0 Å². The summed E-state index contributed by atoms with van der Waals surface area (Å²) in [5, 5.41) is 8.76. The normalized spacial score (nSPS) is 14.4. The molecule has 0 saturated heterocycles. The van der Waals surface area contributed by atoms with Crippen molar-refractivity contribution < 1.29 is 17.9 Å². The molecule has 1 aromatic carbocycles. The molecule has 1 aliphatic rings. The Morgan fingerprint density at radius 3 is 2.52 bits per heavy atom. The summed E-state index contributed by atoms with van der Waals surface area (Å²) in [6, 6.07) is 6.95. The Morgan fingerprint density at radius 1 is 1.22 bits per heavy atom. The number of fused-ring (bicyclic) bond motifs is 1. The average Bonchev–Trinajstić information content (AvgIpc) is 2.60. The zero-order valence-corrected chi connectivity index (χ0v) is 17.5. The molecule has 27 heavy (non-hydrogen) atoms. The highest BCUT2D eigenvalue weighted by atomic mass is 32.2. The van der Waals surface area contributed by atoms with Gasteiger partial charge in [0.2, 0.25) is 10.0 Å². The molecule has 1 heterocycles. The molecule has 0 bridgehead atoms. The minimum absolute atomic E-state index is 0.201. The predicted octanol–water partition coefficient (Wildman–Crippen LogP) is 3.82. The molecule has 2 rings (SSSR count). The molecule has 0 fully saturated rings. The van der Waals surface area contributed by atoms with E-state index in [0.29, 0.717) is 44.2 Å². The van der Waals surface area contributed by atoms with Gasteiger partial charge < -0.3 is 9.47 Å². The van der Waals surface area contributed by atoms with E-state index in [-0.39, 0.29) is 16.2 Å². The quantitative estimate of drug-likeness (QED) is 0.595. The lowest BCUT2D eigenvalue weighted by Gasteiger charge is -2.33. The second-order valence-electron chi connectivity index (χ2n) is 8.17. The van der Waals surface area contributed by atoms with Crippen LogP contribution in [0.4, 0.5) is 0 Å². The molecule has 0 radical (unpaired) electrons. The minimum Gasteiger partial charge on any atom is -0.486 e. The maximum atomic E-state index is 13.3. The Bertz CT molecular complexity index is 782. The Morgan fingerprint density at radius 2 is 1.89 bits per heavy atom. The molecular weight excluding hydrogens is 364 g/mol. The van der Waals surface area contributed by atoms with Gasteiger partial charge in [-0.15, -0.1) is 0 Å². The SMILES string of the molecule is CC(C)CN(CC(C)(C)CCCC#N)S(=O)(=O)c1ccc2c(c1)OCCO2. The standard InChI is InChI=1S/C20H30N2O4S/c1-16(2)14-22(15-20(3,4)9-5-6-10-21)27(23,24)17-7-8-18-19(13-17)26-12-11-25-18/h7-8,13,16H,5-6,9,11-12,14-15H2,1-4H3. The van der Waals surface area contributed by atoms with Crippen LogP contribution < -0.4 is 9.47 Å². The molecule has 150 valence electrons. The zero-order chi connectivity index (χ0) is 20.1. The average molecular weight is 395 g/mol. The van der Waals surface area contributed by atoms with E-state index >= 15 is 0 Å². The second-order valence-corrected chi connectivity index (χ2v) is 10.1. The lowest BCUT2D eigenvalue weighted by molar-refractivity contribution is 0.171. The number of rotatable bonds is 9. The van der Waals surface area contributed by atoms with Gasteiger partial charge in [-0.1, -0.05) is 27.7 Å². The summed E-state index contributed by atoms with van der Waals surface area (Å²) in [7, 11) is -3.66. The van der Waals surface area contributed by atoms with Crippen molar-refractivity contribution >= 4 is 10.0 Å². The lowest BCUT2D eigenvalue weighted by atomic mass is 9.87. The molecule has 1 aliphatic heterocycles. The van der Waals surface area contributed by atoms with Crippen LogP contribution in [0.3, 0.4) is 0 Å². The van der Waals surface area contributed by atoms with Gasteiger partial charge in [0.1, 0.15) is 13.2 Å². The number of ether oxygens (including phenoxy) is 2. The Labute approximate surface area is 163 Å². The summed E-state index contributed by atoms with van der Waals surface area (Å²) >= 11 is 0. The van der Waals surface area contributed by atoms with Crippen molar-refractivity contribution in [3.63, 3.8) is 0 Å². The number of hydrogen-bond donors (Lipinski definition) is 0. The fourth-order valence-corrected chi connectivity index (χ4v) is 5.00. The van der Waals surface area contributed by atoms with Gasteiger partial charge in [0, 0.05) is 25.6 Å². The lowest BCUT2D eigenvalue weighted by Crippen LogP contribution is -2.41. The van der Waals surface area contributed by atoms with Crippen molar-refractivity contribution in [1.82, 2.24) is 4.31 Å². The van der Waals surface area contributed by atoms with E-state index in [2.05, 4.69) is 19.9 Å². The van der Waals surface area contributed by atoms with Crippen molar-refractivity contribution in [3.05, 3.63) is 18.2 Å². The summed E-state index contributed by atoms with van der Waals surface area (Å²) in [4.78, 5) is 0.222. The third-order valence-electron chi connectivity index (χ3n) is 4.47. The Kier molecular flexibility index (Phi) is 7.12. The van der Waals surface area contributed by atoms with E-state index in [4.69, 9.17) is 14.7 Å². The van der Waals surface area contributed by atoms with Crippen LogP contribution in [0.2, 0.25) is 0 Å². The molecule has 0 spiro atoms. The first-order valence-electron chi connectivity index (χ1n) is 9.42. The van der Waals surface area contributed by atoms with Crippen LogP contribution in [0.15, 0.2) is 23.1 Å². The number of nitriles is 1. The van der Waals surface area contributed by atoms with Crippen LogP contribution in [0.5, 0.6) is 11.5 Å². The largest absolute Gasteiger partial charge is 0.486 e. The van der Waals surface area contributed by atoms with E-state index in [9.17, 15) is 8.42 Å². The Hall–Kier alpha value is -1.78. The summed E-state index contributed by atoms with van der Waals surface area (Å²) < 4.78 is 39.3. The summed E-state index contributed by atoms with van der Waals surface area (Å²) in [6.45, 7) is 9.86. The first-order chi connectivity index (χ1) is 12.7. The highest BCUT2D eigenvalue weighted by molar-refractivity contribution is 7.89. The van der Waals surface area contributed by atoms with Crippen molar-refractivity contribution in [3.8, 4) is 17.6 Å². The number of benzene rings is 1.